The largest absolute Gasteiger partial charge is 0.493 e. The first-order chi connectivity index (χ1) is 13.9. The van der Waals surface area contributed by atoms with Crippen molar-refractivity contribution < 1.29 is 14.3 Å². The molecular formula is C21H25N3O5. The van der Waals surface area contributed by atoms with Gasteiger partial charge in [0.1, 0.15) is 11.4 Å². The molecule has 8 heteroatoms. The van der Waals surface area contributed by atoms with E-state index in [4.69, 9.17) is 9.47 Å². The molecule has 1 aliphatic rings. The Bertz CT molecular complexity index is 1090. The number of nitrogens with one attached hydrogen (secondary N) is 1. The molecule has 0 bridgehead atoms. The van der Waals surface area contributed by atoms with Crippen LogP contribution in [0.2, 0.25) is 0 Å². The van der Waals surface area contributed by atoms with Gasteiger partial charge in [-0.25, -0.2) is 4.79 Å². The monoisotopic (exact) mass is 399 g/mol. The van der Waals surface area contributed by atoms with Crippen LogP contribution >= 0.6 is 0 Å². The van der Waals surface area contributed by atoms with Gasteiger partial charge in [0, 0.05) is 13.6 Å². The van der Waals surface area contributed by atoms with E-state index in [1.807, 2.05) is 13.8 Å². The minimum absolute atomic E-state index is 0.0113. The SMILES string of the molecule is CCCOc1cc(/C=C2\Nc3c(c(=O)n(C)c(=O)n3CCC)C2=O)ccc1OC. The fourth-order valence-electron chi connectivity index (χ4n) is 3.23. The summed E-state index contributed by atoms with van der Waals surface area (Å²) in [5.41, 5.74) is -0.111. The summed E-state index contributed by atoms with van der Waals surface area (Å²) < 4.78 is 13.4. The number of aromatic nitrogens is 2. The quantitative estimate of drug-likeness (QED) is 0.719. The number of allylic oxidation sites excluding steroid dienone is 1. The summed E-state index contributed by atoms with van der Waals surface area (Å²) in [6.45, 7) is 4.87. The lowest BCUT2D eigenvalue weighted by Crippen LogP contribution is -2.40. The first-order valence-corrected chi connectivity index (χ1v) is 9.61. The fraction of sp³-hybridized carbons (Fsp3) is 0.381. The number of hydrogen-bond acceptors (Lipinski definition) is 6. The van der Waals surface area contributed by atoms with Crippen LogP contribution in [0.5, 0.6) is 11.5 Å². The number of Topliss-reactive ketones (excluding diaryl/α,β-unsaturated/α-hetero) is 1. The van der Waals surface area contributed by atoms with Gasteiger partial charge in [-0.2, -0.15) is 0 Å². The van der Waals surface area contributed by atoms with Gasteiger partial charge in [-0.15, -0.1) is 0 Å². The average Bonchev–Trinajstić information content (AvgIpc) is 3.04. The molecule has 1 aromatic heterocycles. The summed E-state index contributed by atoms with van der Waals surface area (Å²) in [5.74, 6) is 0.996. The minimum Gasteiger partial charge on any atom is -0.493 e. The molecule has 0 amide bonds. The maximum absolute atomic E-state index is 12.9. The molecule has 0 spiro atoms. The fourth-order valence-corrected chi connectivity index (χ4v) is 3.23. The zero-order valence-electron chi connectivity index (χ0n) is 17.1. The minimum atomic E-state index is -0.597. The number of hydrogen-bond donors (Lipinski definition) is 1. The molecule has 1 aliphatic heterocycles. The Labute approximate surface area is 168 Å². The second-order valence-corrected chi connectivity index (χ2v) is 6.79. The number of methoxy groups -OCH3 is 1. The molecule has 29 heavy (non-hydrogen) atoms. The number of fused-ring (bicyclic) bond motifs is 1. The summed E-state index contributed by atoms with van der Waals surface area (Å²) in [6.07, 6.45) is 3.18. The van der Waals surface area contributed by atoms with E-state index in [2.05, 4.69) is 5.32 Å². The first kappa shape index (κ1) is 20.4. The summed E-state index contributed by atoms with van der Waals surface area (Å²) in [7, 11) is 2.95. The van der Waals surface area contributed by atoms with Gasteiger partial charge in [-0.3, -0.25) is 18.7 Å². The molecule has 154 valence electrons. The summed E-state index contributed by atoms with van der Waals surface area (Å²) in [6, 6.07) is 5.33. The molecule has 0 aliphatic carbocycles. The third-order valence-corrected chi connectivity index (χ3v) is 4.68. The van der Waals surface area contributed by atoms with Crippen LogP contribution in [0.15, 0.2) is 33.5 Å². The summed E-state index contributed by atoms with van der Waals surface area (Å²) in [5, 5.41) is 2.98. The third-order valence-electron chi connectivity index (χ3n) is 4.68. The van der Waals surface area contributed by atoms with Gasteiger partial charge >= 0.3 is 5.69 Å². The third kappa shape index (κ3) is 3.70. The summed E-state index contributed by atoms with van der Waals surface area (Å²) >= 11 is 0. The number of rotatable bonds is 7. The number of ether oxygens (including phenoxy) is 2. The van der Waals surface area contributed by atoms with E-state index < -0.39 is 17.0 Å². The zero-order valence-corrected chi connectivity index (χ0v) is 17.1. The molecule has 0 atom stereocenters. The predicted molar refractivity (Wildman–Crippen MR) is 111 cm³/mol. The Balaban J connectivity index is 2.05. The van der Waals surface area contributed by atoms with Crippen molar-refractivity contribution in [3.63, 3.8) is 0 Å². The van der Waals surface area contributed by atoms with Crippen LogP contribution in [0.1, 0.15) is 42.6 Å². The highest BCUT2D eigenvalue weighted by molar-refractivity contribution is 6.19. The van der Waals surface area contributed by atoms with Gasteiger partial charge in [0.05, 0.1) is 19.4 Å². The van der Waals surface area contributed by atoms with E-state index in [0.717, 1.165) is 11.0 Å². The van der Waals surface area contributed by atoms with Crippen molar-refractivity contribution in [1.29, 1.82) is 0 Å². The molecule has 8 nitrogen and oxygen atoms in total. The molecule has 3 rings (SSSR count). The lowest BCUT2D eigenvalue weighted by atomic mass is 10.1. The van der Waals surface area contributed by atoms with Crippen LogP contribution in [0.25, 0.3) is 6.08 Å². The molecule has 0 saturated heterocycles. The van der Waals surface area contributed by atoms with Crippen molar-refractivity contribution in [2.24, 2.45) is 7.05 Å². The maximum Gasteiger partial charge on any atom is 0.332 e. The Morgan fingerprint density at radius 3 is 2.52 bits per heavy atom. The van der Waals surface area contributed by atoms with Gasteiger partial charge in [-0.05, 0) is 36.6 Å². The van der Waals surface area contributed by atoms with Crippen LogP contribution < -0.4 is 26.0 Å². The molecule has 1 aromatic carbocycles. The first-order valence-electron chi connectivity index (χ1n) is 9.61. The van der Waals surface area contributed by atoms with Crippen molar-refractivity contribution in [3.05, 3.63) is 55.9 Å². The number of carbonyl (C=O) groups excluding carboxylic acids is 1. The molecule has 0 saturated carbocycles. The van der Waals surface area contributed by atoms with Crippen LogP contribution in [0.4, 0.5) is 5.82 Å². The van der Waals surface area contributed by atoms with Crippen molar-refractivity contribution in [3.8, 4) is 11.5 Å². The lowest BCUT2D eigenvalue weighted by Gasteiger charge is -2.12. The van der Waals surface area contributed by atoms with Gasteiger partial charge in [0.15, 0.2) is 11.5 Å². The highest BCUT2D eigenvalue weighted by Crippen LogP contribution is 2.31. The Kier molecular flexibility index (Phi) is 5.91. The van der Waals surface area contributed by atoms with E-state index in [0.29, 0.717) is 36.6 Å². The lowest BCUT2D eigenvalue weighted by molar-refractivity contribution is 0.104. The topological polar surface area (TPSA) is 91.6 Å². The molecule has 0 radical (unpaired) electrons. The normalized spacial score (nSPS) is 14.1. The van der Waals surface area contributed by atoms with Crippen LogP contribution in [0, 0.1) is 0 Å². The van der Waals surface area contributed by atoms with Gasteiger partial charge in [0.25, 0.3) is 5.56 Å². The van der Waals surface area contributed by atoms with Gasteiger partial charge < -0.3 is 14.8 Å². The second kappa shape index (κ2) is 8.38. The van der Waals surface area contributed by atoms with Crippen molar-refractivity contribution >= 4 is 17.7 Å². The van der Waals surface area contributed by atoms with E-state index in [9.17, 15) is 14.4 Å². The molecule has 0 unspecified atom stereocenters. The molecular weight excluding hydrogens is 374 g/mol. The Morgan fingerprint density at radius 1 is 1.10 bits per heavy atom. The second-order valence-electron chi connectivity index (χ2n) is 6.79. The summed E-state index contributed by atoms with van der Waals surface area (Å²) in [4.78, 5) is 37.9. The highest BCUT2D eigenvalue weighted by atomic mass is 16.5. The maximum atomic E-state index is 12.9. The molecule has 2 aromatic rings. The van der Waals surface area contributed by atoms with Crippen LogP contribution in [-0.2, 0) is 13.6 Å². The van der Waals surface area contributed by atoms with Gasteiger partial charge in [0.2, 0.25) is 5.78 Å². The highest BCUT2D eigenvalue weighted by Gasteiger charge is 2.32. The van der Waals surface area contributed by atoms with E-state index in [1.54, 1.807) is 31.4 Å². The average molecular weight is 399 g/mol. The van der Waals surface area contributed by atoms with Crippen LogP contribution in [-0.4, -0.2) is 28.6 Å². The number of anilines is 1. The van der Waals surface area contributed by atoms with Crippen molar-refractivity contribution in [1.82, 2.24) is 9.13 Å². The van der Waals surface area contributed by atoms with Gasteiger partial charge in [-0.1, -0.05) is 19.9 Å². The van der Waals surface area contributed by atoms with E-state index in [1.165, 1.54) is 11.6 Å². The smallest absolute Gasteiger partial charge is 0.332 e. The Morgan fingerprint density at radius 2 is 1.86 bits per heavy atom. The Hall–Kier alpha value is -3.29. The standard InChI is InChI=1S/C21H25N3O5/c1-5-9-24-19-17(20(26)23(3)21(24)27)18(25)14(22-19)11-13-7-8-15(28-4)16(12-13)29-10-6-2/h7-8,11-12,22H,5-6,9-10H2,1-4H3/b14-11-. The van der Waals surface area contributed by atoms with Crippen LogP contribution in [0.3, 0.4) is 0 Å². The van der Waals surface area contributed by atoms with E-state index >= 15 is 0 Å². The number of ketones is 1. The zero-order chi connectivity index (χ0) is 21.1. The molecule has 2 heterocycles. The molecule has 1 N–H and O–H groups in total. The van der Waals surface area contributed by atoms with Crippen molar-refractivity contribution in [2.45, 2.75) is 33.2 Å². The van der Waals surface area contributed by atoms with E-state index in [-0.39, 0.29) is 17.1 Å². The number of carbonyl (C=O) groups is 1. The predicted octanol–water partition coefficient (Wildman–Crippen LogP) is 2.40. The van der Waals surface area contributed by atoms with Crippen molar-refractivity contribution in [2.75, 3.05) is 19.0 Å². The number of benzene rings is 1. The molecule has 0 fully saturated rings. The number of nitrogens with zero attached hydrogens (tertiary/aromatic N) is 2.